The van der Waals surface area contributed by atoms with E-state index in [0.29, 0.717) is 12.2 Å². The molecule has 0 atom stereocenters. The van der Waals surface area contributed by atoms with Crippen molar-refractivity contribution in [3.05, 3.63) is 28.2 Å². The largest absolute Gasteiger partial charge is 0.618 e. The van der Waals surface area contributed by atoms with Crippen LogP contribution in [0.4, 0.5) is 0 Å². The molecule has 0 amide bonds. The van der Waals surface area contributed by atoms with Crippen molar-refractivity contribution < 1.29 is 4.74 Å². The smallest absolute Gasteiger partial charge is 0.232 e. The lowest BCUT2D eigenvalue weighted by Crippen LogP contribution is -2.21. The van der Waals surface area contributed by atoms with Gasteiger partial charge in [-0.15, -0.1) is 0 Å². The Morgan fingerprint density at radius 3 is 3.20 bits per heavy atom. The average Bonchev–Trinajstić information content (AvgIpc) is 1.94. The molecule has 54 valence electrons. The predicted molar refractivity (Wildman–Crippen MR) is 43.8 cm³/mol. The third-order valence-corrected chi connectivity index (χ3v) is 1.38. The highest BCUT2D eigenvalue weighted by atomic mass is 79.9. The Morgan fingerprint density at radius 2 is 2.60 bits per heavy atom. The van der Waals surface area contributed by atoms with E-state index in [0.717, 1.165) is 4.74 Å². The molecular formula is C6H7BrN2O. The van der Waals surface area contributed by atoms with Crippen molar-refractivity contribution >= 4 is 22.1 Å². The maximum absolute atomic E-state index is 10.9. The predicted octanol–water partition coefficient (Wildman–Crippen LogP) is 0.921. The molecule has 0 spiro atoms. The van der Waals surface area contributed by atoms with Crippen LogP contribution >= 0.6 is 15.9 Å². The molecule has 1 aliphatic rings. The van der Waals surface area contributed by atoms with Gasteiger partial charge in [-0.2, -0.15) is 4.74 Å². The highest BCUT2D eigenvalue weighted by Gasteiger charge is 2.04. The fourth-order valence-electron chi connectivity index (χ4n) is 0.654. The van der Waals surface area contributed by atoms with Crippen LogP contribution in [-0.4, -0.2) is 17.5 Å². The molecule has 0 aliphatic carbocycles. The van der Waals surface area contributed by atoms with Gasteiger partial charge in [0.25, 0.3) is 0 Å². The molecule has 10 heavy (non-hydrogen) atoms. The molecule has 0 saturated heterocycles. The summed E-state index contributed by atoms with van der Waals surface area (Å²) in [7, 11) is 0. The van der Waals surface area contributed by atoms with E-state index in [1.54, 1.807) is 17.3 Å². The summed E-state index contributed by atoms with van der Waals surface area (Å²) in [5.74, 6) is 0. The van der Waals surface area contributed by atoms with E-state index in [9.17, 15) is 5.21 Å². The minimum Gasteiger partial charge on any atom is -0.618 e. The number of allylic oxidation sites excluding steroid dienone is 1. The molecule has 0 aromatic carbocycles. The lowest BCUT2D eigenvalue weighted by molar-refractivity contribution is -0.393. The van der Waals surface area contributed by atoms with Crippen LogP contribution in [0.5, 0.6) is 0 Å². The van der Waals surface area contributed by atoms with E-state index in [1.807, 2.05) is 0 Å². The van der Waals surface area contributed by atoms with Crippen molar-refractivity contribution in [3.63, 3.8) is 0 Å². The van der Waals surface area contributed by atoms with Gasteiger partial charge in [0.2, 0.25) is 5.70 Å². The van der Waals surface area contributed by atoms with Gasteiger partial charge in [-0.25, -0.2) is 0 Å². The second-order valence-corrected chi connectivity index (χ2v) is 2.31. The Balaban J connectivity index is 2.74. The van der Waals surface area contributed by atoms with Crippen LogP contribution in [0.2, 0.25) is 0 Å². The lowest BCUT2D eigenvalue weighted by Gasteiger charge is -2.07. The standard InChI is InChI=1S/C6H7BrN2O/c7-2-1-6-5-8-3-4-9(6)10/h1-2,4-5,8H,3H2/b2-1+. The minimum atomic E-state index is 0.600. The zero-order valence-electron chi connectivity index (χ0n) is 5.25. The first kappa shape index (κ1) is 7.34. The molecule has 0 saturated carbocycles. The normalized spacial score (nSPS) is 18.1. The topological polar surface area (TPSA) is 38.1 Å². The van der Waals surface area contributed by atoms with Gasteiger partial charge in [0.1, 0.15) is 0 Å². The van der Waals surface area contributed by atoms with Gasteiger partial charge < -0.3 is 10.5 Å². The van der Waals surface area contributed by atoms with Crippen molar-refractivity contribution in [2.45, 2.75) is 0 Å². The van der Waals surface area contributed by atoms with E-state index in [2.05, 4.69) is 21.2 Å². The number of halogens is 1. The monoisotopic (exact) mass is 202 g/mol. The minimum absolute atomic E-state index is 0.600. The van der Waals surface area contributed by atoms with E-state index < -0.39 is 0 Å². The van der Waals surface area contributed by atoms with Crippen molar-refractivity contribution in [1.29, 1.82) is 0 Å². The second-order valence-electron chi connectivity index (χ2n) is 1.78. The highest BCUT2D eigenvalue weighted by molar-refractivity contribution is 9.11. The Bertz CT molecular complexity index is 208. The van der Waals surface area contributed by atoms with Crippen LogP contribution in [0, 0.1) is 5.21 Å². The maximum Gasteiger partial charge on any atom is 0.232 e. The van der Waals surface area contributed by atoms with Gasteiger partial charge >= 0.3 is 0 Å². The summed E-state index contributed by atoms with van der Waals surface area (Å²) in [4.78, 5) is 1.64. The molecule has 1 N–H and O–H groups in total. The second kappa shape index (κ2) is 3.41. The fraction of sp³-hybridized carbons (Fsp3) is 0.167. The maximum atomic E-state index is 10.9. The van der Waals surface area contributed by atoms with Crippen molar-refractivity contribution in [2.75, 3.05) is 6.54 Å². The molecule has 0 unspecified atom stereocenters. The van der Waals surface area contributed by atoms with Gasteiger partial charge in [0.05, 0.1) is 12.7 Å². The Morgan fingerprint density at radius 1 is 1.80 bits per heavy atom. The van der Waals surface area contributed by atoms with Gasteiger partial charge in [0, 0.05) is 6.08 Å². The number of nitrogens with one attached hydrogen (secondary N) is 1. The molecule has 0 radical (unpaired) electrons. The molecule has 1 aliphatic heterocycles. The number of rotatable bonds is 1. The summed E-state index contributed by atoms with van der Waals surface area (Å²) in [6, 6.07) is 0. The number of hydrogen-bond acceptors (Lipinski definition) is 2. The SMILES string of the molecule is [O-][N+]1=CCNC=C1/C=C/Br. The Kier molecular flexibility index (Phi) is 2.50. The molecule has 1 rings (SSSR count). The van der Waals surface area contributed by atoms with Crippen molar-refractivity contribution in [3.8, 4) is 0 Å². The average molecular weight is 203 g/mol. The van der Waals surface area contributed by atoms with Crippen LogP contribution in [-0.2, 0) is 0 Å². The highest BCUT2D eigenvalue weighted by Crippen LogP contribution is 2.00. The molecule has 0 aromatic heterocycles. The van der Waals surface area contributed by atoms with Crippen LogP contribution in [0.25, 0.3) is 0 Å². The zero-order chi connectivity index (χ0) is 7.40. The summed E-state index contributed by atoms with van der Waals surface area (Å²) >= 11 is 3.08. The summed E-state index contributed by atoms with van der Waals surface area (Å²) < 4.78 is 0.828. The third kappa shape index (κ3) is 1.60. The summed E-state index contributed by atoms with van der Waals surface area (Å²) in [5, 5.41) is 13.8. The summed E-state index contributed by atoms with van der Waals surface area (Å²) in [6.45, 7) is 0.600. The van der Waals surface area contributed by atoms with Crippen LogP contribution in [0.15, 0.2) is 23.0 Å². The van der Waals surface area contributed by atoms with Gasteiger partial charge in [-0.3, -0.25) is 0 Å². The van der Waals surface area contributed by atoms with E-state index in [-0.39, 0.29) is 0 Å². The van der Waals surface area contributed by atoms with Crippen LogP contribution < -0.4 is 5.32 Å². The molecular weight excluding hydrogens is 196 g/mol. The molecule has 0 aromatic rings. The molecule has 0 fully saturated rings. The zero-order valence-corrected chi connectivity index (χ0v) is 6.84. The summed E-state index contributed by atoms with van der Waals surface area (Å²) in [6.07, 6.45) is 4.88. The molecule has 1 heterocycles. The number of nitrogens with zero attached hydrogens (tertiary/aromatic N) is 1. The fourth-order valence-corrected chi connectivity index (χ4v) is 0.925. The van der Waals surface area contributed by atoms with E-state index >= 15 is 0 Å². The number of hydroxylamine groups is 1. The molecule has 3 nitrogen and oxygen atoms in total. The van der Waals surface area contributed by atoms with Crippen LogP contribution in [0.1, 0.15) is 0 Å². The molecule has 4 heteroatoms. The quantitative estimate of drug-likeness (QED) is 0.508. The van der Waals surface area contributed by atoms with Gasteiger partial charge in [-0.05, 0) is 4.99 Å². The van der Waals surface area contributed by atoms with Gasteiger partial charge in [-0.1, -0.05) is 15.9 Å². The van der Waals surface area contributed by atoms with E-state index in [1.165, 1.54) is 6.21 Å². The first-order chi connectivity index (χ1) is 4.84. The van der Waals surface area contributed by atoms with Crippen molar-refractivity contribution in [1.82, 2.24) is 5.32 Å². The lowest BCUT2D eigenvalue weighted by atomic mass is 10.4. The van der Waals surface area contributed by atoms with Crippen LogP contribution in [0.3, 0.4) is 0 Å². The van der Waals surface area contributed by atoms with Crippen molar-refractivity contribution in [2.24, 2.45) is 0 Å². The first-order valence-electron chi connectivity index (χ1n) is 2.84. The Labute approximate surface area is 67.4 Å². The van der Waals surface area contributed by atoms with Gasteiger partial charge in [0.15, 0.2) is 6.21 Å². The molecule has 0 bridgehead atoms. The number of hydrogen-bond donors (Lipinski definition) is 1. The van der Waals surface area contributed by atoms with E-state index in [4.69, 9.17) is 0 Å². The Hall–Kier alpha value is -0.770. The third-order valence-electron chi connectivity index (χ3n) is 1.11. The first-order valence-corrected chi connectivity index (χ1v) is 3.76. The summed E-state index contributed by atoms with van der Waals surface area (Å²) in [5.41, 5.74) is 0.600.